The fraction of sp³-hybridized carbons (Fsp3) is 0.231. The topological polar surface area (TPSA) is 83.8 Å². The number of aromatic hydroxyl groups is 1. The lowest BCUT2D eigenvalue weighted by atomic mass is 10.1. The third-order valence-corrected chi connectivity index (χ3v) is 2.01. The molecule has 1 aromatic rings. The van der Waals surface area contributed by atoms with Crippen LogP contribution in [0.3, 0.4) is 0 Å². The highest BCUT2D eigenvalue weighted by atomic mass is 16.5. The van der Waals surface area contributed by atoms with Crippen molar-refractivity contribution in [1.29, 1.82) is 0 Å². The summed E-state index contributed by atoms with van der Waals surface area (Å²) < 4.78 is 4.68. The first-order valence-corrected chi connectivity index (χ1v) is 5.25. The molecule has 0 spiro atoms. The molecule has 0 aliphatic rings. The number of aromatic carboxylic acids is 1. The molecule has 0 atom stereocenters. The summed E-state index contributed by atoms with van der Waals surface area (Å²) in [4.78, 5) is 21.6. The van der Waals surface area contributed by atoms with Crippen LogP contribution in [0, 0.1) is 11.8 Å². The summed E-state index contributed by atoms with van der Waals surface area (Å²) in [6.07, 6.45) is -0.0754. The van der Waals surface area contributed by atoms with Crippen LogP contribution in [0.2, 0.25) is 0 Å². The number of carboxylic acids is 1. The largest absolute Gasteiger partial charge is 0.507 e. The maximum absolute atomic E-state index is 11.0. The number of benzene rings is 1. The Bertz CT molecular complexity index is 522. The monoisotopic (exact) mass is 248 g/mol. The van der Waals surface area contributed by atoms with E-state index in [1.165, 1.54) is 12.1 Å². The number of carbonyl (C=O) groups excluding carboxylic acids is 1. The minimum atomic E-state index is -1.13. The standard InChI is InChI=1S/C13H12O5/c1-2-18-12(15)5-3-4-9-6-7-10(13(16)17)8-11(9)14/h6-8,14H,2,5H2,1H3,(H,16,17). The van der Waals surface area contributed by atoms with E-state index in [1.54, 1.807) is 6.92 Å². The van der Waals surface area contributed by atoms with Gasteiger partial charge in [-0.2, -0.15) is 0 Å². The second-order valence-corrected chi connectivity index (χ2v) is 3.32. The van der Waals surface area contributed by atoms with Crippen LogP contribution in [-0.2, 0) is 9.53 Å². The zero-order chi connectivity index (χ0) is 13.5. The van der Waals surface area contributed by atoms with E-state index in [1.807, 2.05) is 0 Å². The first-order valence-electron chi connectivity index (χ1n) is 5.25. The Balaban J connectivity index is 2.77. The van der Waals surface area contributed by atoms with Gasteiger partial charge in [0.2, 0.25) is 0 Å². The second kappa shape index (κ2) is 6.30. The molecule has 5 heteroatoms. The Morgan fingerprint density at radius 2 is 2.11 bits per heavy atom. The Morgan fingerprint density at radius 1 is 1.39 bits per heavy atom. The molecule has 0 aromatic heterocycles. The molecule has 18 heavy (non-hydrogen) atoms. The Labute approximate surface area is 104 Å². The van der Waals surface area contributed by atoms with Gasteiger partial charge in [-0.05, 0) is 25.1 Å². The zero-order valence-corrected chi connectivity index (χ0v) is 9.77. The molecule has 0 aliphatic heterocycles. The van der Waals surface area contributed by atoms with Crippen LogP contribution in [0.5, 0.6) is 5.75 Å². The van der Waals surface area contributed by atoms with E-state index in [2.05, 4.69) is 16.6 Å². The summed E-state index contributed by atoms with van der Waals surface area (Å²) in [6, 6.07) is 3.82. The molecule has 0 fully saturated rings. The quantitative estimate of drug-likeness (QED) is 0.624. The molecule has 1 aromatic carbocycles. The van der Waals surface area contributed by atoms with Gasteiger partial charge in [-0.15, -0.1) is 0 Å². The second-order valence-electron chi connectivity index (χ2n) is 3.32. The predicted molar refractivity (Wildman–Crippen MR) is 63.2 cm³/mol. The molecule has 0 saturated carbocycles. The van der Waals surface area contributed by atoms with Crippen LogP contribution in [0.1, 0.15) is 29.3 Å². The van der Waals surface area contributed by atoms with Gasteiger partial charge in [-0.25, -0.2) is 4.79 Å². The normalized spacial score (nSPS) is 9.17. The van der Waals surface area contributed by atoms with Gasteiger partial charge in [-0.1, -0.05) is 11.8 Å². The molecule has 0 aliphatic carbocycles. The summed E-state index contributed by atoms with van der Waals surface area (Å²) in [6.45, 7) is 1.99. The van der Waals surface area contributed by atoms with Crippen LogP contribution in [0.4, 0.5) is 0 Å². The SMILES string of the molecule is CCOC(=O)CC#Cc1ccc(C(=O)O)cc1O. The summed E-state index contributed by atoms with van der Waals surface area (Å²) in [7, 11) is 0. The van der Waals surface area contributed by atoms with Crippen LogP contribution in [0.15, 0.2) is 18.2 Å². The van der Waals surface area contributed by atoms with Gasteiger partial charge in [0.05, 0.1) is 17.7 Å². The van der Waals surface area contributed by atoms with E-state index in [4.69, 9.17) is 5.11 Å². The number of phenols is 1. The predicted octanol–water partition coefficient (Wildman–Crippen LogP) is 1.40. The highest BCUT2D eigenvalue weighted by molar-refractivity contribution is 5.88. The van der Waals surface area contributed by atoms with E-state index in [9.17, 15) is 14.7 Å². The van der Waals surface area contributed by atoms with Crippen molar-refractivity contribution in [2.75, 3.05) is 6.61 Å². The number of hydrogen-bond acceptors (Lipinski definition) is 4. The van der Waals surface area contributed by atoms with Crippen molar-refractivity contribution >= 4 is 11.9 Å². The van der Waals surface area contributed by atoms with Crippen molar-refractivity contribution in [1.82, 2.24) is 0 Å². The molecule has 94 valence electrons. The van der Waals surface area contributed by atoms with Crippen LogP contribution < -0.4 is 0 Å². The molecule has 0 heterocycles. The molecule has 2 N–H and O–H groups in total. The van der Waals surface area contributed by atoms with E-state index in [-0.39, 0.29) is 23.3 Å². The number of phenolic OH excluding ortho intramolecular Hbond substituents is 1. The van der Waals surface area contributed by atoms with E-state index >= 15 is 0 Å². The number of hydrogen-bond donors (Lipinski definition) is 2. The molecule has 0 bridgehead atoms. The van der Waals surface area contributed by atoms with Crippen molar-refractivity contribution in [3.8, 4) is 17.6 Å². The van der Waals surface area contributed by atoms with Crippen molar-refractivity contribution in [2.24, 2.45) is 0 Å². The zero-order valence-electron chi connectivity index (χ0n) is 9.77. The van der Waals surface area contributed by atoms with E-state index in [0.29, 0.717) is 6.61 Å². The number of rotatable bonds is 3. The van der Waals surface area contributed by atoms with Crippen molar-refractivity contribution < 1.29 is 24.5 Å². The maximum atomic E-state index is 11.0. The minimum Gasteiger partial charge on any atom is -0.507 e. The minimum absolute atomic E-state index is 0.0246. The smallest absolute Gasteiger partial charge is 0.335 e. The first-order chi connectivity index (χ1) is 8.54. The van der Waals surface area contributed by atoms with Gasteiger partial charge in [-0.3, -0.25) is 4.79 Å². The third-order valence-electron chi connectivity index (χ3n) is 2.01. The molecule has 1 rings (SSSR count). The van der Waals surface area contributed by atoms with Crippen LogP contribution in [0.25, 0.3) is 0 Å². The molecule has 5 nitrogen and oxygen atoms in total. The fourth-order valence-corrected chi connectivity index (χ4v) is 1.19. The number of esters is 1. The van der Waals surface area contributed by atoms with Crippen molar-refractivity contribution in [3.05, 3.63) is 29.3 Å². The summed E-state index contributed by atoms with van der Waals surface area (Å²) in [5, 5.41) is 18.2. The third kappa shape index (κ3) is 3.83. The van der Waals surface area contributed by atoms with E-state index in [0.717, 1.165) is 6.07 Å². The van der Waals surface area contributed by atoms with Gasteiger partial charge < -0.3 is 14.9 Å². The van der Waals surface area contributed by atoms with E-state index < -0.39 is 11.9 Å². The van der Waals surface area contributed by atoms with Crippen molar-refractivity contribution in [3.63, 3.8) is 0 Å². The summed E-state index contributed by atoms with van der Waals surface area (Å²) in [5.41, 5.74) is 0.243. The number of carboxylic acid groups (broad SMARTS) is 1. The molecule has 0 unspecified atom stereocenters. The maximum Gasteiger partial charge on any atom is 0.335 e. The average molecular weight is 248 g/mol. The number of ether oxygens (including phenoxy) is 1. The highest BCUT2D eigenvalue weighted by Gasteiger charge is 2.06. The molecule has 0 radical (unpaired) electrons. The lowest BCUT2D eigenvalue weighted by Crippen LogP contribution is -2.01. The first kappa shape index (κ1) is 13.6. The summed E-state index contributed by atoms with van der Waals surface area (Å²) in [5.74, 6) is 3.32. The van der Waals surface area contributed by atoms with Crippen molar-refractivity contribution in [2.45, 2.75) is 13.3 Å². The van der Waals surface area contributed by atoms with Gasteiger partial charge in [0.15, 0.2) is 0 Å². The molecule has 0 amide bonds. The van der Waals surface area contributed by atoms with Gasteiger partial charge in [0.1, 0.15) is 12.2 Å². The lowest BCUT2D eigenvalue weighted by Gasteiger charge is -1.99. The molecular formula is C13H12O5. The Kier molecular flexibility index (Phi) is 4.76. The van der Waals surface area contributed by atoms with Gasteiger partial charge >= 0.3 is 11.9 Å². The van der Waals surface area contributed by atoms with Gasteiger partial charge in [0, 0.05) is 0 Å². The number of carbonyl (C=O) groups is 2. The fourth-order valence-electron chi connectivity index (χ4n) is 1.19. The lowest BCUT2D eigenvalue weighted by molar-refractivity contribution is -0.141. The molecule has 0 saturated heterocycles. The van der Waals surface area contributed by atoms with Crippen LogP contribution >= 0.6 is 0 Å². The summed E-state index contributed by atoms with van der Waals surface area (Å²) >= 11 is 0. The van der Waals surface area contributed by atoms with Gasteiger partial charge in [0.25, 0.3) is 0 Å². The Morgan fingerprint density at radius 3 is 2.67 bits per heavy atom. The van der Waals surface area contributed by atoms with Crippen LogP contribution in [-0.4, -0.2) is 28.8 Å². The highest BCUT2D eigenvalue weighted by Crippen LogP contribution is 2.17. The average Bonchev–Trinajstić information content (AvgIpc) is 2.31. The molecular weight excluding hydrogens is 236 g/mol. The Hall–Kier alpha value is -2.48.